The van der Waals surface area contributed by atoms with Crippen molar-refractivity contribution in [3.8, 4) is 0 Å². The summed E-state index contributed by atoms with van der Waals surface area (Å²) in [5, 5.41) is 54.2. The van der Waals surface area contributed by atoms with Crippen molar-refractivity contribution in [2.24, 2.45) is 24.4 Å². The van der Waals surface area contributed by atoms with Gasteiger partial charge in [0.25, 0.3) is 0 Å². The molecule has 8 rings (SSSR count). The number of nitrogens with two attached hydrogens (primary N) is 2. The second-order valence-electron chi connectivity index (χ2n) is 28.3. The molecule has 14 amide bonds. The van der Waals surface area contributed by atoms with Crippen LogP contribution in [-0.4, -0.2) is 239 Å². The van der Waals surface area contributed by atoms with E-state index in [-0.39, 0.29) is 70.1 Å². The zero-order valence-electron chi connectivity index (χ0n) is 65.3. The van der Waals surface area contributed by atoms with Crippen LogP contribution >= 0.6 is 11.8 Å². The Morgan fingerprint density at radius 2 is 1.09 bits per heavy atom. The molecule has 0 aliphatic carbocycles. The molecule has 1 saturated heterocycles. The normalized spacial score (nSPS) is 22.3. The van der Waals surface area contributed by atoms with Gasteiger partial charge in [-0.2, -0.15) is 0 Å². The number of nitrogens with zero attached hydrogens (tertiary/aromatic N) is 5. The number of primary amides is 1. The molecule has 0 bridgehead atoms. The Kier molecular flexibility index (Phi) is 34.1. The van der Waals surface area contributed by atoms with Gasteiger partial charge < -0.3 is 105 Å². The quantitative estimate of drug-likeness (QED) is 0.0176. The summed E-state index contributed by atoms with van der Waals surface area (Å²) in [5.74, 6) is -14.9. The summed E-state index contributed by atoms with van der Waals surface area (Å²) in [4.78, 5) is 222. The molecule has 0 unspecified atom stereocenters. The smallest absolute Gasteiger partial charge is 0.245 e. The van der Waals surface area contributed by atoms with E-state index in [2.05, 4.69) is 94.0 Å². The van der Waals surface area contributed by atoms with Crippen molar-refractivity contribution in [3.63, 3.8) is 0 Å². The molecule has 1 aliphatic heterocycles. The van der Waals surface area contributed by atoms with Crippen LogP contribution in [-0.2, 0) is 113 Å². The number of aryl methyl sites for hydroxylation is 1. The Hall–Kier alpha value is -13.1. The number of aromatic nitrogens is 6. The van der Waals surface area contributed by atoms with Crippen LogP contribution in [0.15, 0.2) is 141 Å². The van der Waals surface area contributed by atoms with Crippen LogP contribution in [0.4, 0.5) is 0 Å². The number of carbonyl (C=O) groups excluding carboxylic acids is 14. The van der Waals surface area contributed by atoms with Crippen LogP contribution in [0.5, 0.6) is 0 Å². The molecule has 4 heterocycles. The number of aliphatic hydroxyl groups excluding tert-OH is 1. The van der Waals surface area contributed by atoms with Gasteiger partial charge in [-0.15, -0.1) is 11.8 Å². The molecular formula is C78H101N23O15S. The largest absolute Gasteiger partial charge is 0.394 e. The Morgan fingerprint density at radius 1 is 0.556 bits per heavy atom. The third-order valence-electron chi connectivity index (χ3n) is 19.2. The third kappa shape index (κ3) is 27.6. The topological polar surface area (TPSA) is 570 Å². The van der Waals surface area contributed by atoms with E-state index in [0.717, 1.165) is 22.0 Å². The van der Waals surface area contributed by atoms with Crippen molar-refractivity contribution in [2.45, 2.75) is 145 Å². The second kappa shape index (κ2) is 44.6. The lowest BCUT2D eigenvalue weighted by Crippen LogP contribution is -2.61. The summed E-state index contributed by atoms with van der Waals surface area (Å²) >= 11 is 0.827. The molecule has 0 radical (unpaired) electrons. The predicted molar refractivity (Wildman–Crippen MR) is 429 cm³/mol. The van der Waals surface area contributed by atoms with Gasteiger partial charge in [-0.05, 0) is 52.6 Å². The Labute approximate surface area is 677 Å². The number of guanidine groups is 1. The summed E-state index contributed by atoms with van der Waals surface area (Å²) in [7, 11) is 2.90. The van der Waals surface area contributed by atoms with Crippen molar-refractivity contribution in [3.05, 3.63) is 174 Å². The summed E-state index contributed by atoms with van der Waals surface area (Å²) in [6.07, 6.45) is 6.65. The Bertz CT molecular complexity index is 4590. The fraction of sp³-hybridized carbons (Fsp3) is 0.410. The van der Waals surface area contributed by atoms with E-state index in [1.165, 1.54) is 44.6 Å². The molecule has 39 heteroatoms. The van der Waals surface area contributed by atoms with Crippen molar-refractivity contribution < 1.29 is 72.2 Å². The zero-order chi connectivity index (χ0) is 84.7. The van der Waals surface area contributed by atoms with Crippen LogP contribution in [0.25, 0.3) is 10.8 Å². The Morgan fingerprint density at radius 3 is 1.68 bits per heavy atom. The van der Waals surface area contributed by atoms with Gasteiger partial charge in [0.1, 0.15) is 66.5 Å². The van der Waals surface area contributed by atoms with Crippen LogP contribution in [0.3, 0.4) is 0 Å². The summed E-state index contributed by atoms with van der Waals surface area (Å²) < 4.78 is 1.56. The van der Waals surface area contributed by atoms with E-state index >= 15 is 19.2 Å². The van der Waals surface area contributed by atoms with Gasteiger partial charge in [0.15, 0.2) is 5.96 Å². The lowest BCUT2D eigenvalue weighted by molar-refractivity contribution is -0.143. The first-order chi connectivity index (χ1) is 56.1. The molecule has 7 aromatic rings. The molecule has 0 saturated carbocycles. The lowest BCUT2D eigenvalue weighted by Gasteiger charge is -2.33. The maximum atomic E-state index is 15.2. The monoisotopic (exact) mass is 1630 g/mol. The van der Waals surface area contributed by atoms with Crippen molar-refractivity contribution in [1.82, 2.24) is 104 Å². The highest BCUT2D eigenvalue weighted by molar-refractivity contribution is 8.00. The molecule has 21 N–H and O–H groups in total. The fourth-order valence-corrected chi connectivity index (χ4v) is 13.6. The minimum absolute atomic E-state index is 0.00197. The highest BCUT2D eigenvalue weighted by Gasteiger charge is 2.39. The average molecular weight is 1630 g/mol. The van der Waals surface area contributed by atoms with Crippen molar-refractivity contribution >= 4 is 111 Å². The van der Waals surface area contributed by atoms with Crippen LogP contribution < -0.4 is 80.6 Å². The lowest BCUT2D eigenvalue weighted by atomic mass is 9.96. The van der Waals surface area contributed by atoms with E-state index < -0.39 is 186 Å². The fourth-order valence-electron chi connectivity index (χ4n) is 12.8. The summed E-state index contributed by atoms with van der Waals surface area (Å²) in [5.41, 5.74) is 13.8. The number of aliphatic hydroxyl groups is 1. The number of hydrogen-bond acceptors (Lipinski definition) is 20. The van der Waals surface area contributed by atoms with Crippen LogP contribution in [0, 0.1) is 11.3 Å². The van der Waals surface area contributed by atoms with E-state index in [0.29, 0.717) is 39.2 Å². The predicted octanol–water partition coefficient (Wildman–Crippen LogP) is -3.76. The number of imidazole rings is 3. The molecule has 11 atom stereocenters. The van der Waals surface area contributed by atoms with Crippen molar-refractivity contribution in [1.29, 1.82) is 5.41 Å². The zero-order valence-corrected chi connectivity index (χ0v) is 66.1. The maximum absolute atomic E-state index is 15.2. The number of likely N-dealkylation sites (N-methyl/N-ethyl adjacent to an activating group) is 1. The van der Waals surface area contributed by atoms with Gasteiger partial charge in [0.2, 0.25) is 82.7 Å². The number of hydrogen-bond donors (Lipinski definition) is 19. The molecule has 4 aromatic carbocycles. The number of aromatic amines is 2. The number of rotatable bonds is 22. The van der Waals surface area contributed by atoms with Gasteiger partial charge >= 0.3 is 0 Å². The third-order valence-corrected chi connectivity index (χ3v) is 20.2. The van der Waals surface area contributed by atoms with Gasteiger partial charge in [-0.3, -0.25) is 72.5 Å². The van der Waals surface area contributed by atoms with Gasteiger partial charge in [-0.1, -0.05) is 124 Å². The minimum atomic E-state index is -1.81. The molecule has 117 heavy (non-hydrogen) atoms. The highest BCUT2D eigenvalue weighted by Crippen LogP contribution is 2.22. The molecular weight excluding hydrogens is 1530 g/mol. The first-order valence-corrected chi connectivity index (χ1v) is 39.1. The molecule has 3 aromatic heterocycles. The molecule has 0 spiro atoms. The minimum Gasteiger partial charge on any atom is -0.394 e. The number of carbonyl (C=O) groups is 14. The number of benzene rings is 4. The number of nitrogens with one attached hydrogen (secondary N) is 16. The van der Waals surface area contributed by atoms with E-state index in [4.69, 9.17) is 16.9 Å². The van der Waals surface area contributed by atoms with E-state index in [1.807, 2.05) is 24.3 Å². The first-order valence-electron chi connectivity index (χ1n) is 37.9. The molecule has 624 valence electrons. The number of thioether (sulfide) groups is 1. The standard InChI is InChI=1S/C78H101N23O15S/c1-6-53-69(108)95-59(32-51-35-84-43-100(51)4)72(111)98-61(68(107)86-36-63(79)103)39-117-40-65(105)90-55(27-45-17-9-7-10-18-45)73(112)99-66(44(2)3)76(115)97-56(29-48-23-15-22-47-21-13-14-24-52(47)48)70(109)94-57(30-49-33-82-41-88-49)67(106)87-37-64(104)91-60(38-102)74(113)93-54(25-16-26-85-78(80)81)77(116)101(5)62(28-46-19-11-8-12-20-46)75(114)96-58(71(110)92-53)31-50-34-83-42-89-50/h7-15,17-24,33-35,41-44,53-62,66,102H,6,16,25-32,36-40H2,1-5H3,(H2,79,103)(H,82,88)(H,83,89)(H,86,107)(H,87,106)(H,90,105)(H,91,104)(H,92,110)(H,93,113)(H,94,109)(H,95,108)(H,96,114)(H,97,115)(H,98,111)(H,99,112)(H4,80,81,85)/t53-,54-,55-,56-,57-,58-,59-,60-,61+,62-,66-/m0/s1. The van der Waals surface area contributed by atoms with Gasteiger partial charge in [0.05, 0.1) is 44.4 Å². The SMILES string of the molecule is CC[C@@H]1NC(=O)[C@H](Cc2cnc[nH]2)NC(=O)[C@H](Cc2ccccc2)N(C)C(=O)[C@H](CCCNC(=N)N)NC(=O)[C@H](CO)NC(=O)CNC(=O)[C@H](Cc2cnc[nH]2)NC(=O)[C@H](Cc2cccc3ccccc23)NC(=O)[C@H](C(C)C)NC(=O)[C@H](Cc2ccccc2)NC(=O)CSC[C@H](C(=O)NCC(N)=O)NC(=O)[C@H](Cc2cncn2C)NC1=O. The summed E-state index contributed by atoms with van der Waals surface area (Å²) in [6.45, 7) is 2.21. The number of amides is 14. The van der Waals surface area contributed by atoms with E-state index in [9.17, 15) is 53.1 Å². The van der Waals surface area contributed by atoms with E-state index in [1.54, 1.807) is 111 Å². The highest BCUT2D eigenvalue weighted by atomic mass is 32.2. The first kappa shape index (κ1) is 89.5. The number of fused-ring (bicyclic) bond motifs is 1. The van der Waals surface area contributed by atoms with Crippen LogP contribution in [0.2, 0.25) is 0 Å². The summed E-state index contributed by atoms with van der Waals surface area (Å²) in [6, 6.07) is 12.8. The molecule has 38 nitrogen and oxygen atoms in total. The average Bonchev–Trinajstić information content (AvgIpc) is 1.14. The number of H-pyrrole nitrogens is 2. The molecule has 1 fully saturated rings. The van der Waals surface area contributed by atoms with Gasteiger partial charge in [0, 0.05) is 101 Å². The second-order valence-corrected chi connectivity index (χ2v) is 29.4. The Balaban J connectivity index is 1.17. The van der Waals surface area contributed by atoms with Gasteiger partial charge in [-0.25, -0.2) is 15.0 Å². The maximum Gasteiger partial charge on any atom is 0.245 e. The molecule has 1 aliphatic rings. The van der Waals surface area contributed by atoms with Crippen LogP contribution in [0.1, 0.15) is 73.8 Å². The van der Waals surface area contributed by atoms with Crippen molar-refractivity contribution in [2.75, 3.05) is 44.8 Å².